The van der Waals surface area contributed by atoms with Gasteiger partial charge in [-0.2, -0.15) is 15.6 Å². The number of ether oxygens (including phenoxy) is 1. The van der Waals surface area contributed by atoms with E-state index in [-0.39, 0.29) is 41.7 Å². The van der Waals surface area contributed by atoms with Crippen molar-refractivity contribution in [2.24, 2.45) is 10.2 Å². The zero-order valence-electron chi connectivity index (χ0n) is 21.3. The van der Waals surface area contributed by atoms with E-state index in [0.29, 0.717) is 18.7 Å². The van der Waals surface area contributed by atoms with Gasteiger partial charge in [0.15, 0.2) is 0 Å². The fourth-order valence-electron chi connectivity index (χ4n) is 3.07. The van der Waals surface area contributed by atoms with Gasteiger partial charge in [0.05, 0.1) is 28.3 Å². The van der Waals surface area contributed by atoms with Gasteiger partial charge in [0.2, 0.25) is 0 Å². The van der Waals surface area contributed by atoms with Crippen LogP contribution in [-0.2, 0) is 9.53 Å². The van der Waals surface area contributed by atoms with E-state index in [0.717, 1.165) is 42.8 Å². The second-order valence-electron chi connectivity index (χ2n) is 7.80. The van der Waals surface area contributed by atoms with E-state index in [2.05, 4.69) is 29.0 Å². The summed E-state index contributed by atoms with van der Waals surface area (Å²) < 4.78 is 5.07. The number of esters is 1. The molecule has 2 aromatic carbocycles. The zero-order valence-corrected chi connectivity index (χ0v) is 21.3. The lowest BCUT2D eigenvalue weighted by molar-refractivity contribution is -0.384. The molecule has 0 aliphatic heterocycles. The molecule has 195 valence electrons. The number of nitriles is 2. The molecular weight excluding hydrogens is 476 g/mol. The highest BCUT2D eigenvalue weighted by molar-refractivity contribution is 5.67. The number of hydrogen-bond acceptors (Lipinski definition) is 10. The zero-order chi connectivity index (χ0) is 27.8. The molecule has 11 heteroatoms. The van der Waals surface area contributed by atoms with Crippen LogP contribution in [0.2, 0.25) is 0 Å². The van der Waals surface area contributed by atoms with Gasteiger partial charge in [0, 0.05) is 37.9 Å². The number of carbonyl (C=O) groups is 1. The van der Waals surface area contributed by atoms with E-state index >= 15 is 0 Å². The summed E-state index contributed by atoms with van der Waals surface area (Å²) in [7, 11) is 0. The maximum absolute atomic E-state index is 11.1. The van der Waals surface area contributed by atoms with E-state index in [1.54, 1.807) is 6.07 Å². The summed E-state index contributed by atoms with van der Waals surface area (Å²) in [5, 5.41) is 45.8. The number of aryl methyl sites for hydroxylation is 1. The lowest BCUT2D eigenvalue weighted by Gasteiger charge is -2.25. The van der Waals surface area contributed by atoms with Crippen LogP contribution in [0.1, 0.15) is 49.8 Å². The van der Waals surface area contributed by atoms with Crippen LogP contribution in [-0.4, -0.2) is 42.3 Å². The molecule has 2 aromatic rings. The molecule has 37 heavy (non-hydrogen) atoms. The Bertz CT molecular complexity index is 1150. The number of benzene rings is 2. The topological polar surface area (TPSA) is 165 Å². The number of nitro benzene ring substituents is 1. The van der Waals surface area contributed by atoms with Crippen molar-refractivity contribution in [1.82, 2.24) is 0 Å². The molecular formula is C26H31N6O5. The Morgan fingerprint density at radius 3 is 2.27 bits per heavy atom. The van der Waals surface area contributed by atoms with Gasteiger partial charge in [0.1, 0.15) is 24.4 Å². The number of carbonyl (C=O) groups excluding carboxylic acids is 1. The average Bonchev–Trinajstić information content (AvgIpc) is 2.89. The summed E-state index contributed by atoms with van der Waals surface area (Å²) >= 11 is 0. The Balaban J connectivity index is 0.00000159. The fraction of sp³-hybridized carbons (Fsp3) is 0.385. The van der Waals surface area contributed by atoms with Gasteiger partial charge in [-0.15, -0.1) is 5.11 Å². The molecule has 0 heterocycles. The molecule has 0 fully saturated rings. The van der Waals surface area contributed by atoms with Gasteiger partial charge in [-0.1, -0.05) is 20.3 Å². The number of aliphatic hydroxyl groups excluding tert-OH is 1. The Labute approximate surface area is 216 Å². The van der Waals surface area contributed by atoms with Crippen molar-refractivity contribution in [3.8, 4) is 12.1 Å². The van der Waals surface area contributed by atoms with Crippen molar-refractivity contribution >= 4 is 28.7 Å². The Morgan fingerprint density at radius 2 is 1.81 bits per heavy atom. The van der Waals surface area contributed by atoms with Crippen molar-refractivity contribution < 1.29 is 19.6 Å². The normalized spacial score (nSPS) is 10.1. The van der Waals surface area contributed by atoms with Crippen LogP contribution in [0, 0.1) is 46.6 Å². The molecule has 0 atom stereocenters. The third-order valence-electron chi connectivity index (χ3n) is 4.96. The predicted octanol–water partition coefficient (Wildman–Crippen LogP) is 5.43. The second-order valence-corrected chi connectivity index (χ2v) is 7.80. The molecule has 0 aromatic heterocycles. The highest BCUT2D eigenvalue weighted by atomic mass is 16.6. The summed E-state index contributed by atoms with van der Waals surface area (Å²) in [5.41, 5.74) is 1.70. The minimum Gasteiger partial charge on any atom is -0.464 e. The molecule has 0 aliphatic carbocycles. The third kappa shape index (κ3) is 10.0. The molecule has 0 saturated carbocycles. The molecule has 0 bridgehead atoms. The van der Waals surface area contributed by atoms with Crippen LogP contribution in [0.25, 0.3) is 0 Å². The number of azo groups is 1. The van der Waals surface area contributed by atoms with Crippen LogP contribution >= 0.6 is 0 Å². The van der Waals surface area contributed by atoms with E-state index in [1.807, 2.05) is 31.2 Å². The van der Waals surface area contributed by atoms with Gasteiger partial charge in [-0.3, -0.25) is 14.9 Å². The van der Waals surface area contributed by atoms with Gasteiger partial charge >= 0.3 is 5.97 Å². The van der Waals surface area contributed by atoms with Gasteiger partial charge < -0.3 is 14.7 Å². The third-order valence-corrected chi connectivity index (χ3v) is 4.96. The van der Waals surface area contributed by atoms with Crippen LogP contribution in [0.4, 0.5) is 22.7 Å². The number of anilines is 1. The number of hydrogen-bond donors (Lipinski definition) is 1. The second kappa shape index (κ2) is 16.3. The molecule has 1 radical (unpaired) electrons. The first kappa shape index (κ1) is 30.7. The highest BCUT2D eigenvalue weighted by Crippen LogP contribution is 2.32. The molecule has 1 N–H and O–H groups in total. The quantitative estimate of drug-likeness (QED) is 0.182. The Hall–Kier alpha value is -4.35. The Morgan fingerprint density at radius 1 is 1.19 bits per heavy atom. The largest absolute Gasteiger partial charge is 0.464 e. The number of rotatable bonds is 11. The van der Waals surface area contributed by atoms with E-state index in [9.17, 15) is 25.4 Å². The van der Waals surface area contributed by atoms with Crippen LogP contribution in [0.15, 0.2) is 40.6 Å². The van der Waals surface area contributed by atoms with Gasteiger partial charge in [-0.25, -0.2) is 0 Å². The maximum Gasteiger partial charge on any atom is 0.302 e. The standard InChI is InChI=1S/C23H24N6O4.C3H7O/c1-4-5-8-28(9-10-33-17(3)30)20-6-7-22(16(2)11-20)26-27-23-18(14-24)12-21(29(31)32)13-19(23)15-25;1-2-3-4/h6-7,11-13H,4-5,8-10H2,1-3H3;4H,1-3H2. The Kier molecular flexibility index (Phi) is 13.6. The van der Waals surface area contributed by atoms with Crippen molar-refractivity contribution in [1.29, 1.82) is 10.5 Å². The first-order valence-corrected chi connectivity index (χ1v) is 11.7. The van der Waals surface area contributed by atoms with Crippen molar-refractivity contribution in [2.75, 3.05) is 31.2 Å². The number of non-ortho nitro benzene ring substituents is 1. The molecule has 2 rings (SSSR count). The van der Waals surface area contributed by atoms with Crippen molar-refractivity contribution in [3.05, 3.63) is 64.1 Å². The summed E-state index contributed by atoms with van der Waals surface area (Å²) in [4.78, 5) is 23.6. The van der Waals surface area contributed by atoms with Crippen LogP contribution in [0.5, 0.6) is 0 Å². The maximum atomic E-state index is 11.1. The van der Waals surface area contributed by atoms with E-state index in [4.69, 9.17) is 9.84 Å². The van der Waals surface area contributed by atoms with Crippen LogP contribution in [0.3, 0.4) is 0 Å². The number of nitro groups is 1. The first-order chi connectivity index (χ1) is 17.7. The summed E-state index contributed by atoms with van der Waals surface area (Å²) in [5.74, 6) is -0.322. The molecule has 0 unspecified atom stereocenters. The summed E-state index contributed by atoms with van der Waals surface area (Å²) in [6, 6.07) is 11.4. The first-order valence-electron chi connectivity index (χ1n) is 11.7. The van der Waals surface area contributed by atoms with Crippen molar-refractivity contribution in [3.63, 3.8) is 0 Å². The molecule has 0 aliphatic rings. The number of nitrogens with zero attached hydrogens (tertiary/aromatic N) is 6. The molecule has 0 amide bonds. The molecule has 0 saturated heterocycles. The lowest BCUT2D eigenvalue weighted by Crippen LogP contribution is -2.29. The van der Waals surface area contributed by atoms with E-state index in [1.165, 1.54) is 6.92 Å². The molecule has 0 spiro atoms. The molecule has 11 nitrogen and oxygen atoms in total. The SMILES string of the molecule is CCCCN(CCOC(C)=O)c1ccc(N=Nc2c(C#N)cc([N+](=O)[O-])cc2C#N)c(C)c1.[CH2]CCO. The van der Waals surface area contributed by atoms with Crippen molar-refractivity contribution in [2.45, 2.75) is 40.0 Å². The minimum atomic E-state index is -0.669. The minimum absolute atomic E-state index is 0.0139. The monoisotopic (exact) mass is 507 g/mol. The summed E-state index contributed by atoms with van der Waals surface area (Å²) in [6.45, 7) is 10.5. The fourth-order valence-corrected chi connectivity index (χ4v) is 3.07. The van der Waals surface area contributed by atoms with Crippen LogP contribution < -0.4 is 4.90 Å². The predicted molar refractivity (Wildman–Crippen MR) is 139 cm³/mol. The van der Waals surface area contributed by atoms with Gasteiger partial charge in [-0.05, 0) is 43.5 Å². The van der Waals surface area contributed by atoms with Gasteiger partial charge in [0.25, 0.3) is 5.69 Å². The average molecular weight is 508 g/mol. The number of unbranched alkanes of at least 4 members (excludes halogenated alkanes) is 1. The smallest absolute Gasteiger partial charge is 0.302 e. The summed E-state index contributed by atoms with van der Waals surface area (Å²) in [6.07, 6.45) is 2.63. The number of aliphatic hydroxyl groups is 1. The lowest BCUT2D eigenvalue weighted by atomic mass is 10.1. The highest BCUT2D eigenvalue weighted by Gasteiger charge is 2.17. The van der Waals surface area contributed by atoms with E-state index < -0.39 is 4.92 Å².